The zero-order valence-electron chi connectivity index (χ0n) is 9.41. The first-order valence-corrected chi connectivity index (χ1v) is 5.56. The molecule has 1 unspecified atom stereocenters. The number of nitrogens with zero attached hydrogens (tertiary/aromatic N) is 2. The molecule has 0 spiro atoms. The molecule has 1 N–H and O–H groups in total. The normalized spacial score (nSPS) is 18.4. The largest absolute Gasteiger partial charge is 0.478 e. The molecule has 0 amide bonds. The van der Waals surface area contributed by atoms with Gasteiger partial charge in [0.15, 0.2) is 0 Å². The average Bonchev–Trinajstić information content (AvgIpc) is 2.88. The lowest BCUT2D eigenvalue weighted by molar-refractivity contribution is -0.148. The molecule has 0 saturated heterocycles. The lowest BCUT2D eigenvalue weighted by atomic mass is 10.1. The van der Waals surface area contributed by atoms with E-state index in [0.29, 0.717) is 11.4 Å². The second kappa shape index (κ2) is 4.10. The molecular formula is C13H10N2O3. The molecule has 1 atom stereocenters. The Balaban J connectivity index is 1.94. The summed E-state index contributed by atoms with van der Waals surface area (Å²) in [5.41, 5.74) is 2.10. The highest BCUT2D eigenvalue weighted by atomic mass is 16.7. The van der Waals surface area contributed by atoms with Gasteiger partial charge in [0, 0.05) is 11.8 Å². The topological polar surface area (TPSA) is 71.8 Å². The first-order chi connectivity index (χ1) is 8.74. The zero-order valence-corrected chi connectivity index (χ0v) is 9.41. The van der Waals surface area contributed by atoms with Crippen molar-refractivity contribution in [1.82, 2.24) is 4.98 Å². The minimum Gasteiger partial charge on any atom is -0.478 e. The van der Waals surface area contributed by atoms with Crippen molar-refractivity contribution in [2.75, 3.05) is 0 Å². The van der Waals surface area contributed by atoms with E-state index in [0.717, 1.165) is 10.9 Å². The Kier molecular flexibility index (Phi) is 2.44. The molecule has 0 bridgehead atoms. The van der Waals surface area contributed by atoms with Crippen LogP contribution in [0.3, 0.4) is 0 Å². The quantitative estimate of drug-likeness (QED) is 0.871. The van der Waals surface area contributed by atoms with E-state index in [1.807, 2.05) is 36.4 Å². The SMILES string of the molecule is O=C(O)C1CC(c2ccc3ccccc3n2)=NO1. The summed E-state index contributed by atoms with van der Waals surface area (Å²) in [7, 11) is 0. The predicted octanol–water partition coefficient (Wildman–Crippen LogP) is 1.81. The third-order valence-corrected chi connectivity index (χ3v) is 2.84. The predicted molar refractivity (Wildman–Crippen MR) is 65.4 cm³/mol. The summed E-state index contributed by atoms with van der Waals surface area (Å²) in [6, 6.07) is 11.5. The summed E-state index contributed by atoms with van der Waals surface area (Å²) >= 11 is 0. The molecule has 90 valence electrons. The molecule has 3 rings (SSSR count). The van der Waals surface area contributed by atoms with Crippen molar-refractivity contribution in [2.24, 2.45) is 5.16 Å². The number of carboxylic acid groups (broad SMARTS) is 1. The van der Waals surface area contributed by atoms with Crippen LogP contribution in [0.25, 0.3) is 10.9 Å². The maximum atomic E-state index is 10.8. The Bertz CT molecular complexity index is 651. The van der Waals surface area contributed by atoms with Crippen molar-refractivity contribution in [3.63, 3.8) is 0 Å². The number of hydrogen-bond acceptors (Lipinski definition) is 4. The van der Waals surface area contributed by atoms with E-state index in [9.17, 15) is 4.79 Å². The fourth-order valence-corrected chi connectivity index (χ4v) is 1.89. The first-order valence-electron chi connectivity index (χ1n) is 5.56. The zero-order chi connectivity index (χ0) is 12.5. The summed E-state index contributed by atoms with van der Waals surface area (Å²) in [4.78, 5) is 20.1. The Morgan fingerprint density at radius 1 is 1.28 bits per heavy atom. The monoisotopic (exact) mass is 242 g/mol. The van der Waals surface area contributed by atoms with Crippen molar-refractivity contribution in [2.45, 2.75) is 12.5 Å². The highest BCUT2D eigenvalue weighted by Crippen LogP contribution is 2.18. The lowest BCUT2D eigenvalue weighted by Gasteiger charge is -2.01. The van der Waals surface area contributed by atoms with Crippen LogP contribution in [0.4, 0.5) is 0 Å². The second-order valence-electron chi connectivity index (χ2n) is 4.06. The van der Waals surface area contributed by atoms with Gasteiger partial charge in [0.1, 0.15) is 5.71 Å². The second-order valence-corrected chi connectivity index (χ2v) is 4.06. The van der Waals surface area contributed by atoms with Crippen LogP contribution in [-0.2, 0) is 9.63 Å². The van der Waals surface area contributed by atoms with E-state index in [-0.39, 0.29) is 6.42 Å². The van der Waals surface area contributed by atoms with Crippen molar-refractivity contribution >= 4 is 22.6 Å². The number of oxime groups is 1. The van der Waals surface area contributed by atoms with Crippen LogP contribution >= 0.6 is 0 Å². The molecule has 0 aliphatic carbocycles. The number of rotatable bonds is 2. The number of benzene rings is 1. The molecule has 1 aliphatic rings. The van der Waals surface area contributed by atoms with Gasteiger partial charge >= 0.3 is 5.97 Å². The van der Waals surface area contributed by atoms with Crippen LogP contribution in [0, 0.1) is 0 Å². The van der Waals surface area contributed by atoms with Gasteiger partial charge in [0.05, 0.1) is 11.2 Å². The third kappa shape index (κ3) is 1.79. The van der Waals surface area contributed by atoms with E-state index in [4.69, 9.17) is 9.94 Å². The van der Waals surface area contributed by atoms with Crippen LogP contribution in [-0.4, -0.2) is 27.9 Å². The Labute approximate surface area is 103 Å². The summed E-state index contributed by atoms with van der Waals surface area (Å²) in [5, 5.41) is 13.7. The summed E-state index contributed by atoms with van der Waals surface area (Å²) < 4.78 is 0. The number of para-hydroxylation sites is 1. The number of carbonyl (C=O) groups is 1. The van der Waals surface area contributed by atoms with Crippen molar-refractivity contribution in [3.8, 4) is 0 Å². The van der Waals surface area contributed by atoms with Gasteiger partial charge in [-0.2, -0.15) is 0 Å². The number of hydrogen-bond donors (Lipinski definition) is 1. The standard InChI is InChI=1S/C13H10N2O3/c16-13(17)12-7-11(15-18-12)10-6-5-8-3-1-2-4-9(8)14-10/h1-6,12H,7H2,(H,16,17). The highest BCUT2D eigenvalue weighted by molar-refractivity contribution is 6.03. The summed E-state index contributed by atoms with van der Waals surface area (Å²) in [5.74, 6) is -1.01. The summed E-state index contributed by atoms with van der Waals surface area (Å²) in [6.07, 6.45) is -0.644. The van der Waals surface area contributed by atoms with E-state index in [2.05, 4.69) is 10.1 Å². The van der Waals surface area contributed by atoms with Crippen LogP contribution in [0.5, 0.6) is 0 Å². The van der Waals surface area contributed by atoms with Gasteiger partial charge in [-0.25, -0.2) is 9.78 Å². The minimum atomic E-state index is -1.01. The van der Waals surface area contributed by atoms with Crippen LogP contribution in [0.1, 0.15) is 12.1 Å². The molecule has 2 aromatic rings. The van der Waals surface area contributed by atoms with Crippen LogP contribution < -0.4 is 0 Å². The van der Waals surface area contributed by atoms with Gasteiger partial charge in [0.25, 0.3) is 0 Å². The first kappa shape index (κ1) is 10.7. The molecule has 0 radical (unpaired) electrons. The van der Waals surface area contributed by atoms with Gasteiger partial charge in [-0.3, -0.25) is 0 Å². The molecule has 0 fully saturated rings. The molecule has 5 nitrogen and oxygen atoms in total. The molecular weight excluding hydrogens is 232 g/mol. The fraction of sp³-hybridized carbons (Fsp3) is 0.154. The minimum absolute atomic E-state index is 0.251. The molecule has 0 saturated carbocycles. The molecule has 5 heteroatoms. The fourth-order valence-electron chi connectivity index (χ4n) is 1.89. The van der Waals surface area contributed by atoms with Gasteiger partial charge in [0.2, 0.25) is 6.10 Å². The van der Waals surface area contributed by atoms with E-state index in [1.165, 1.54) is 0 Å². The number of aromatic nitrogens is 1. The molecule has 18 heavy (non-hydrogen) atoms. The molecule has 2 heterocycles. The highest BCUT2D eigenvalue weighted by Gasteiger charge is 2.28. The van der Waals surface area contributed by atoms with Gasteiger partial charge in [-0.1, -0.05) is 29.4 Å². The number of pyridine rings is 1. The van der Waals surface area contributed by atoms with E-state index < -0.39 is 12.1 Å². The van der Waals surface area contributed by atoms with Crippen LogP contribution in [0.15, 0.2) is 41.6 Å². The smallest absolute Gasteiger partial charge is 0.348 e. The summed E-state index contributed by atoms with van der Waals surface area (Å²) in [6.45, 7) is 0. The molecule has 1 aromatic carbocycles. The Morgan fingerprint density at radius 2 is 2.11 bits per heavy atom. The molecule has 1 aliphatic heterocycles. The third-order valence-electron chi connectivity index (χ3n) is 2.84. The lowest BCUT2D eigenvalue weighted by Crippen LogP contribution is -2.20. The van der Waals surface area contributed by atoms with Gasteiger partial charge in [-0.15, -0.1) is 0 Å². The van der Waals surface area contributed by atoms with Crippen molar-refractivity contribution in [1.29, 1.82) is 0 Å². The van der Waals surface area contributed by atoms with E-state index >= 15 is 0 Å². The van der Waals surface area contributed by atoms with Crippen molar-refractivity contribution < 1.29 is 14.7 Å². The number of fused-ring (bicyclic) bond motifs is 1. The average molecular weight is 242 g/mol. The Hall–Kier alpha value is -2.43. The van der Waals surface area contributed by atoms with Gasteiger partial charge < -0.3 is 9.94 Å². The maximum Gasteiger partial charge on any atom is 0.348 e. The van der Waals surface area contributed by atoms with E-state index in [1.54, 1.807) is 0 Å². The maximum absolute atomic E-state index is 10.8. The molecule has 1 aromatic heterocycles. The van der Waals surface area contributed by atoms with Crippen LogP contribution in [0.2, 0.25) is 0 Å². The Morgan fingerprint density at radius 3 is 2.89 bits per heavy atom. The van der Waals surface area contributed by atoms with Crippen molar-refractivity contribution in [3.05, 3.63) is 42.1 Å². The number of aliphatic carboxylic acids is 1. The van der Waals surface area contributed by atoms with Gasteiger partial charge in [-0.05, 0) is 12.1 Å². The number of carboxylic acids is 1.